The van der Waals surface area contributed by atoms with Crippen molar-refractivity contribution in [1.82, 2.24) is 10.2 Å². The van der Waals surface area contributed by atoms with E-state index in [0.29, 0.717) is 25.9 Å². The number of hydrogen-bond acceptors (Lipinski definition) is 5. The van der Waals surface area contributed by atoms with E-state index in [2.05, 4.69) is 29.6 Å². The van der Waals surface area contributed by atoms with Crippen LogP contribution in [-0.2, 0) is 9.47 Å². The number of ether oxygens (including phenoxy) is 2. The summed E-state index contributed by atoms with van der Waals surface area (Å²) in [7, 11) is 0. The molecule has 0 unspecified atom stereocenters. The maximum absolute atomic E-state index is 12.7. The van der Waals surface area contributed by atoms with Crippen molar-refractivity contribution in [2.45, 2.75) is 50.7 Å². The Morgan fingerprint density at radius 3 is 2.09 bits per heavy atom. The van der Waals surface area contributed by atoms with Crippen molar-refractivity contribution in [3.05, 3.63) is 59.7 Å². The number of aliphatic hydroxyl groups excluding tert-OH is 1. The SMILES string of the molecule is CC(C)(C)OC(=O)N1CCC(CO)(NC(=O)OCC2c3ccccc3-c3ccccc32)CC1. The molecule has 2 N–H and O–H groups in total. The van der Waals surface area contributed by atoms with Crippen molar-refractivity contribution in [3.63, 3.8) is 0 Å². The second kappa shape index (κ2) is 9.06. The van der Waals surface area contributed by atoms with E-state index >= 15 is 0 Å². The number of carbonyl (C=O) groups excluding carboxylic acids is 2. The van der Waals surface area contributed by atoms with Crippen molar-refractivity contribution >= 4 is 12.2 Å². The zero-order valence-electron chi connectivity index (χ0n) is 19.5. The monoisotopic (exact) mass is 452 g/mol. The van der Waals surface area contributed by atoms with Crippen LogP contribution < -0.4 is 5.32 Å². The maximum Gasteiger partial charge on any atom is 0.410 e. The van der Waals surface area contributed by atoms with Gasteiger partial charge in [0.1, 0.15) is 12.2 Å². The summed E-state index contributed by atoms with van der Waals surface area (Å²) in [5.74, 6) is -0.0257. The molecule has 0 aromatic heterocycles. The summed E-state index contributed by atoms with van der Waals surface area (Å²) in [5.41, 5.74) is 3.25. The van der Waals surface area contributed by atoms with Gasteiger partial charge in [0.2, 0.25) is 0 Å². The minimum Gasteiger partial charge on any atom is -0.449 e. The van der Waals surface area contributed by atoms with Crippen LogP contribution in [0.5, 0.6) is 0 Å². The molecule has 176 valence electrons. The highest BCUT2D eigenvalue weighted by Gasteiger charge is 2.39. The van der Waals surface area contributed by atoms with Crippen LogP contribution in [0.25, 0.3) is 11.1 Å². The first-order valence-corrected chi connectivity index (χ1v) is 11.4. The van der Waals surface area contributed by atoms with Crippen molar-refractivity contribution in [1.29, 1.82) is 0 Å². The fourth-order valence-corrected chi connectivity index (χ4v) is 4.62. The molecule has 2 amide bonds. The molecule has 0 saturated carbocycles. The van der Waals surface area contributed by atoms with Gasteiger partial charge in [-0.05, 0) is 55.9 Å². The normalized spacial score (nSPS) is 17.2. The van der Waals surface area contributed by atoms with E-state index in [1.807, 2.05) is 45.0 Å². The molecule has 2 aromatic carbocycles. The highest BCUT2D eigenvalue weighted by Crippen LogP contribution is 2.44. The van der Waals surface area contributed by atoms with E-state index in [1.54, 1.807) is 4.90 Å². The van der Waals surface area contributed by atoms with Gasteiger partial charge in [0.05, 0.1) is 12.1 Å². The molecule has 1 heterocycles. The van der Waals surface area contributed by atoms with Crippen LogP contribution in [0, 0.1) is 0 Å². The maximum atomic E-state index is 12.7. The molecule has 0 bridgehead atoms. The Labute approximate surface area is 194 Å². The lowest BCUT2D eigenvalue weighted by Crippen LogP contribution is -2.58. The minimum absolute atomic E-state index is 0.0257. The number of fused-ring (bicyclic) bond motifs is 3. The minimum atomic E-state index is -0.818. The van der Waals surface area contributed by atoms with Crippen molar-refractivity contribution in [2.75, 3.05) is 26.3 Å². The van der Waals surface area contributed by atoms with Crippen LogP contribution in [-0.4, -0.2) is 59.6 Å². The van der Waals surface area contributed by atoms with E-state index in [9.17, 15) is 14.7 Å². The molecule has 0 radical (unpaired) electrons. The third-order valence-electron chi connectivity index (χ3n) is 6.39. The van der Waals surface area contributed by atoms with E-state index < -0.39 is 17.2 Å². The highest BCUT2D eigenvalue weighted by molar-refractivity contribution is 5.79. The first-order valence-electron chi connectivity index (χ1n) is 11.4. The topological polar surface area (TPSA) is 88.1 Å². The second-order valence-electron chi connectivity index (χ2n) is 9.86. The Kier molecular flexibility index (Phi) is 6.34. The Bertz CT molecular complexity index is 976. The van der Waals surface area contributed by atoms with Crippen LogP contribution in [0.1, 0.15) is 50.7 Å². The molecule has 1 aliphatic carbocycles. The number of rotatable bonds is 4. The van der Waals surface area contributed by atoms with Crippen LogP contribution in [0.2, 0.25) is 0 Å². The van der Waals surface area contributed by atoms with Gasteiger partial charge in [-0.3, -0.25) is 0 Å². The molecule has 7 nitrogen and oxygen atoms in total. The number of aliphatic hydroxyl groups is 1. The lowest BCUT2D eigenvalue weighted by atomic mass is 9.88. The Morgan fingerprint density at radius 1 is 1.03 bits per heavy atom. The van der Waals surface area contributed by atoms with Crippen LogP contribution >= 0.6 is 0 Å². The quantitative estimate of drug-likeness (QED) is 0.723. The van der Waals surface area contributed by atoms with Gasteiger partial charge in [-0.15, -0.1) is 0 Å². The molecule has 1 aliphatic heterocycles. The summed E-state index contributed by atoms with van der Waals surface area (Å²) < 4.78 is 11.1. The number of likely N-dealkylation sites (tertiary alicyclic amines) is 1. The van der Waals surface area contributed by atoms with Gasteiger partial charge in [0.25, 0.3) is 0 Å². The Morgan fingerprint density at radius 2 is 1.58 bits per heavy atom. The Hall–Kier alpha value is -3.06. The summed E-state index contributed by atoms with van der Waals surface area (Å²) in [6.45, 7) is 6.24. The fraction of sp³-hybridized carbons (Fsp3) is 0.462. The zero-order chi connectivity index (χ0) is 23.6. The molecule has 2 aromatic rings. The highest BCUT2D eigenvalue weighted by atomic mass is 16.6. The molecule has 1 fully saturated rings. The summed E-state index contributed by atoms with van der Waals surface area (Å²) >= 11 is 0. The van der Waals surface area contributed by atoms with Gasteiger partial charge in [0.15, 0.2) is 0 Å². The van der Waals surface area contributed by atoms with Gasteiger partial charge < -0.3 is 24.8 Å². The summed E-state index contributed by atoms with van der Waals surface area (Å²) in [6, 6.07) is 16.3. The second-order valence-corrected chi connectivity index (χ2v) is 9.86. The number of piperidine rings is 1. The number of hydrogen-bond donors (Lipinski definition) is 2. The molecule has 0 spiro atoms. The van der Waals surface area contributed by atoms with Crippen LogP contribution in [0.4, 0.5) is 9.59 Å². The van der Waals surface area contributed by atoms with E-state index in [0.717, 1.165) is 11.1 Å². The van der Waals surface area contributed by atoms with Crippen molar-refractivity contribution < 1.29 is 24.2 Å². The standard InChI is InChI=1S/C26H32N2O5/c1-25(2,3)33-24(31)28-14-12-26(17-29,13-15-28)27-23(30)32-16-22-20-10-6-4-8-18(20)19-9-5-7-11-21(19)22/h4-11,22,29H,12-17H2,1-3H3,(H,27,30). The molecular formula is C26H32N2O5. The summed E-state index contributed by atoms with van der Waals surface area (Å²) in [4.78, 5) is 26.6. The third kappa shape index (κ3) is 4.98. The average molecular weight is 453 g/mol. The predicted octanol–water partition coefficient (Wildman–Crippen LogP) is 4.29. The average Bonchev–Trinajstić information content (AvgIpc) is 3.11. The lowest BCUT2D eigenvalue weighted by Gasteiger charge is -2.41. The van der Waals surface area contributed by atoms with Crippen LogP contribution in [0.15, 0.2) is 48.5 Å². The molecule has 33 heavy (non-hydrogen) atoms. The van der Waals surface area contributed by atoms with Gasteiger partial charge in [-0.2, -0.15) is 0 Å². The van der Waals surface area contributed by atoms with Gasteiger partial charge >= 0.3 is 12.2 Å². The number of nitrogens with zero attached hydrogens (tertiary/aromatic N) is 1. The molecule has 4 rings (SSSR count). The van der Waals surface area contributed by atoms with Crippen molar-refractivity contribution in [3.8, 4) is 11.1 Å². The number of nitrogens with one attached hydrogen (secondary N) is 1. The van der Waals surface area contributed by atoms with Gasteiger partial charge in [-0.25, -0.2) is 9.59 Å². The molecule has 1 saturated heterocycles. The Balaban J connectivity index is 1.36. The lowest BCUT2D eigenvalue weighted by molar-refractivity contribution is 0.00912. The first kappa shape index (κ1) is 23.1. The predicted molar refractivity (Wildman–Crippen MR) is 125 cm³/mol. The molecule has 7 heteroatoms. The molecular weight excluding hydrogens is 420 g/mol. The van der Waals surface area contributed by atoms with E-state index in [-0.39, 0.29) is 25.2 Å². The summed E-state index contributed by atoms with van der Waals surface area (Å²) in [5, 5.41) is 12.9. The number of amides is 2. The largest absolute Gasteiger partial charge is 0.449 e. The fourth-order valence-electron chi connectivity index (χ4n) is 4.62. The van der Waals surface area contributed by atoms with Crippen LogP contribution in [0.3, 0.4) is 0 Å². The van der Waals surface area contributed by atoms with Gasteiger partial charge in [0, 0.05) is 19.0 Å². The van der Waals surface area contributed by atoms with E-state index in [1.165, 1.54) is 11.1 Å². The number of alkyl carbamates (subject to hydrolysis) is 1. The van der Waals surface area contributed by atoms with E-state index in [4.69, 9.17) is 9.47 Å². The zero-order valence-corrected chi connectivity index (χ0v) is 19.5. The first-order chi connectivity index (χ1) is 15.7. The third-order valence-corrected chi connectivity index (χ3v) is 6.39. The van der Waals surface area contributed by atoms with Crippen molar-refractivity contribution in [2.24, 2.45) is 0 Å². The smallest absolute Gasteiger partial charge is 0.410 e. The number of carbonyl (C=O) groups is 2. The summed E-state index contributed by atoms with van der Waals surface area (Å²) in [6.07, 6.45) is -0.0910. The molecule has 0 atom stereocenters. The van der Waals surface area contributed by atoms with Gasteiger partial charge in [-0.1, -0.05) is 48.5 Å². The number of benzene rings is 2. The molecule has 2 aliphatic rings.